The van der Waals surface area contributed by atoms with Gasteiger partial charge < -0.3 is 54.8 Å². The quantitative estimate of drug-likeness (QED) is 0.0435. The maximum absolute atomic E-state index is 15.1. The standard InChI is InChI=1S/C51H70F2N8O12/c1-35(2)47(58-42(64)17-22-70-24-26-72-28-29-73-27-25-71-23-19-55-41(63)16-21-60-44(66)14-15-45(60)67)50(69)56-31-43(65)54-18-9-20-61(46(68)34-62)48(51(3,4)5)49-57-40(38-30-37(52)12-13-39(38)53)33-59(49)32-36-10-7-6-8-11-36/h6-8,10-15,30,33,35,47-48,62H,9,16-29,31-32,34H2,1-5H3,(H,54,65)(H,55,63)(H,56,69)(H,58,64)/t47?,48-/m0/s1. The Balaban J connectivity index is 1.12. The first-order valence-electron chi connectivity index (χ1n) is 24.3. The Kier molecular flexibility index (Phi) is 24.7. The highest BCUT2D eigenvalue weighted by Crippen LogP contribution is 2.39. The van der Waals surface area contributed by atoms with Gasteiger partial charge in [-0.25, -0.2) is 13.8 Å². The van der Waals surface area contributed by atoms with Gasteiger partial charge in [0.2, 0.25) is 29.5 Å². The molecule has 7 amide bonds. The van der Waals surface area contributed by atoms with Gasteiger partial charge in [-0.05, 0) is 41.5 Å². The van der Waals surface area contributed by atoms with E-state index < -0.39 is 71.2 Å². The lowest BCUT2D eigenvalue weighted by Gasteiger charge is -2.40. The van der Waals surface area contributed by atoms with Crippen LogP contribution in [-0.4, -0.2) is 164 Å². The number of amides is 7. The van der Waals surface area contributed by atoms with E-state index in [0.717, 1.165) is 28.7 Å². The molecule has 0 spiro atoms. The van der Waals surface area contributed by atoms with E-state index in [1.807, 2.05) is 51.1 Å². The minimum absolute atomic E-state index is 0.00432. The topological polar surface area (TPSA) is 249 Å². The van der Waals surface area contributed by atoms with E-state index in [4.69, 9.17) is 23.9 Å². The number of aromatic nitrogens is 2. The van der Waals surface area contributed by atoms with Crippen molar-refractivity contribution in [2.75, 3.05) is 92.2 Å². The number of imidazole rings is 1. The molecule has 1 aromatic heterocycles. The Labute approximate surface area is 424 Å². The molecule has 2 atom stereocenters. The lowest BCUT2D eigenvalue weighted by Crippen LogP contribution is -2.51. The van der Waals surface area contributed by atoms with Gasteiger partial charge in [0.15, 0.2) is 0 Å². The predicted molar refractivity (Wildman–Crippen MR) is 263 cm³/mol. The Hall–Kier alpha value is -6.46. The summed E-state index contributed by atoms with van der Waals surface area (Å²) in [5.74, 6) is -4.47. The summed E-state index contributed by atoms with van der Waals surface area (Å²) >= 11 is 0. The molecule has 0 saturated heterocycles. The molecule has 0 radical (unpaired) electrons. The number of benzene rings is 2. The Bertz CT molecular complexity index is 2310. The van der Waals surface area contributed by atoms with E-state index in [2.05, 4.69) is 21.3 Å². The summed E-state index contributed by atoms with van der Waals surface area (Å²) in [5, 5.41) is 20.8. The maximum atomic E-state index is 15.1. The summed E-state index contributed by atoms with van der Waals surface area (Å²) in [6, 6.07) is 10.9. The molecule has 0 fully saturated rings. The Morgan fingerprint density at radius 3 is 2.00 bits per heavy atom. The molecule has 22 heteroatoms. The molecule has 2 aromatic carbocycles. The van der Waals surface area contributed by atoms with E-state index in [1.165, 1.54) is 17.1 Å². The fourth-order valence-electron chi connectivity index (χ4n) is 7.60. The average molecular weight is 1030 g/mol. The van der Waals surface area contributed by atoms with Gasteiger partial charge >= 0.3 is 0 Å². The number of halogens is 2. The number of aliphatic hydroxyl groups excluding tert-OH is 1. The van der Waals surface area contributed by atoms with Crippen LogP contribution < -0.4 is 21.3 Å². The molecular weight excluding hydrogens is 955 g/mol. The number of hydrogen-bond donors (Lipinski definition) is 5. The Morgan fingerprint density at radius 2 is 1.38 bits per heavy atom. The van der Waals surface area contributed by atoms with Crippen molar-refractivity contribution < 1.29 is 66.4 Å². The zero-order valence-corrected chi connectivity index (χ0v) is 42.3. The van der Waals surface area contributed by atoms with Crippen LogP contribution >= 0.6 is 0 Å². The number of nitrogens with zero attached hydrogens (tertiary/aromatic N) is 4. The number of ether oxygens (including phenoxy) is 4. The molecule has 20 nitrogen and oxygen atoms in total. The number of aliphatic hydroxyl groups is 1. The third-order valence-corrected chi connectivity index (χ3v) is 11.2. The van der Waals surface area contributed by atoms with Gasteiger partial charge in [0.1, 0.15) is 30.1 Å². The number of hydrogen-bond acceptors (Lipinski definition) is 13. The first kappa shape index (κ1) is 59.1. The van der Waals surface area contributed by atoms with Crippen LogP contribution in [0.25, 0.3) is 11.3 Å². The highest BCUT2D eigenvalue weighted by Gasteiger charge is 2.38. The zero-order chi connectivity index (χ0) is 53.3. The molecule has 73 heavy (non-hydrogen) atoms. The third kappa shape index (κ3) is 20.2. The lowest BCUT2D eigenvalue weighted by atomic mass is 9.84. The monoisotopic (exact) mass is 1020 g/mol. The molecule has 4 rings (SSSR count). The van der Waals surface area contributed by atoms with Crippen molar-refractivity contribution in [3.63, 3.8) is 0 Å². The van der Waals surface area contributed by atoms with Crippen molar-refractivity contribution >= 4 is 41.4 Å². The first-order valence-corrected chi connectivity index (χ1v) is 24.3. The summed E-state index contributed by atoms with van der Waals surface area (Å²) in [5.41, 5.74) is 0.329. The number of imide groups is 1. The van der Waals surface area contributed by atoms with E-state index in [-0.39, 0.29) is 101 Å². The van der Waals surface area contributed by atoms with Crippen molar-refractivity contribution in [3.05, 3.63) is 89.9 Å². The summed E-state index contributed by atoms with van der Waals surface area (Å²) < 4.78 is 53.0. The smallest absolute Gasteiger partial charge is 0.253 e. The van der Waals surface area contributed by atoms with E-state index in [1.54, 1.807) is 24.6 Å². The number of rotatable bonds is 33. The largest absolute Gasteiger partial charge is 0.387 e. The summed E-state index contributed by atoms with van der Waals surface area (Å²) in [4.78, 5) is 94.4. The van der Waals surface area contributed by atoms with Crippen molar-refractivity contribution in [3.8, 4) is 11.3 Å². The van der Waals surface area contributed by atoms with Gasteiger partial charge in [-0.3, -0.25) is 38.5 Å². The molecule has 0 saturated carbocycles. The molecular formula is C51H70F2N8O12. The maximum Gasteiger partial charge on any atom is 0.253 e. The number of carbonyl (C=O) groups excluding carboxylic acids is 7. The molecule has 5 N–H and O–H groups in total. The van der Waals surface area contributed by atoms with Crippen LogP contribution in [0.1, 0.15) is 71.3 Å². The highest BCUT2D eigenvalue weighted by molar-refractivity contribution is 6.13. The van der Waals surface area contributed by atoms with Gasteiger partial charge in [0.05, 0.1) is 71.1 Å². The predicted octanol–water partition coefficient (Wildman–Crippen LogP) is 2.44. The SMILES string of the molecule is CC(C)C(NC(=O)CCOCCOCCOCCOCCNC(=O)CCN1C(=O)C=CC1=O)C(=O)NCC(=O)NCCCN(C(=O)CO)[C@@H](c1nc(-c2cc(F)ccc2F)cn1Cc1ccccc1)C(C)(C)C. The number of carbonyl (C=O) groups is 7. The summed E-state index contributed by atoms with van der Waals surface area (Å²) in [6.07, 6.45) is 4.19. The van der Waals surface area contributed by atoms with E-state index >= 15 is 4.39 Å². The van der Waals surface area contributed by atoms with Crippen LogP contribution in [0.2, 0.25) is 0 Å². The first-order chi connectivity index (χ1) is 34.9. The van der Waals surface area contributed by atoms with Crippen LogP contribution in [0.15, 0.2) is 66.9 Å². The third-order valence-electron chi connectivity index (χ3n) is 11.2. The fourth-order valence-corrected chi connectivity index (χ4v) is 7.60. The minimum Gasteiger partial charge on any atom is -0.387 e. The second-order valence-corrected chi connectivity index (χ2v) is 18.4. The second-order valence-electron chi connectivity index (χ2n) is 18.4. The van der Waals surface area contributed by atoms with Crippen molar-refractivity contribution in [1.82, 2.24) is 40.6 Å². The van der Waals surface area contributed by atoms with Crippen LogP contribution in [0.3, 0.4) is 0 Å². The van der Waals surface area contributed by atoms with Crippen molar-refractivity contribution in [2.24, 2.45) is 11.3 Å². The molecule has 2 heterocycles. The molecule has 3 aromatic rings. The molecule has 400 valence electrons. The van der Waals surface area contributed by atoms with Crippen LogP contribution in [-0.2, 0) is 59.1 Å². The van der Waals surface area contributed by atoms with Gasteiger partial charge in [0.25, 0.3) is 11.8 Å². The summed E-state index contributed by atoms with van der Waals surface area (Å²) in [6.45, 7) is 10.8. The Morgan fingerprint density at radius 1 is 0.767 bits per heavy atom. The van der Waals surface area contributed by atoms with Crippen molar-refractivity contribution in [1.29, 1.82) is 0 Å². The molecule has 0 aliphatic carbocycles. The minimum atomic E-state index is -0.926. The molecule has 1 aliphatic heterocycles. The zero-order valence-electron chi connectivity index (χ0n) is 42.3. The van der Waals surface area contributed by atoms with Crippen molar-refractivity contribution in [2.45, 2.75) is 72.5 Å². The van der Waals surface area contributed by atoms with Crippen LogP contribution in [0.5, 0.6) is 0 Å². The van der Waals surface area contributed by atoms with Gasteiger partial charge in [-0.2, -0.15) is 0 Å². The van der Waals surface area contributed by atoms with Gasteiger partial charge in [-0.15, -0.1) is 0 Å². The average Bonchev–Trinajstić information content (AvgIpc) is 3.91. The second kappa shape index (κ2) is 30.5. The van der Waals surface area contributed by atoms with Gasteiger partial charge in [0, 0.05) is 69.5 Å². The highest BCUT2D eigenvalue weighted by atomic mass is 19.1. The van der Waals surface area contributed by atoms with Gasteiger partial charge in [-0.1, -0.05) is 65.0 Å². The normalized spacial score (nSPS) is 13.3. The summed E-state index contributed by atoms with van der Waals surface area (Å²) in [7, 11) is 0. The van der Waals surface area contributed by atoms with Crippen LogP contribution in [0, 0.1) is 23.0 Å². The molecule has 1 aliphatic rings. The van der Waals surface area contributed by atoms with E-state index in [9.17, 15) is 43.1 Å². The number of nitrogens with one attached hydrogen (secondary N) is 4. The fraction of sp³-hybridized carbons (Fsp3) is 0.529. The van der Waals surface area contributed by atoms with Crippen LogP contribution in [0.4, 0.5) is 8.78 Å². The van der Waals surface area contributed by atoms with E-state index in [0.29, 0.717) is 38.8 Å². The molecule has 1 unspecified atom stereocenters. The molecule has 0 bridgehead atoms. The lowest BCUT2D eigenvalue weighted by molar-refractivity contribution is -0.140.